The lowest BCUT2D eigenvalue weighted by molar-refractivity contribution is 0.0599. The van der Waals surface area contributed by atoms with Gasteiger partial charge in [0.25, 0.3) is 0 Å². The highest BCUT2D eigenvalue weighted by atomic mass is 35.5. The second kappa shape index (κ2) is 5.53. The first-order valence-electron chi connectivity index (χ1n) is 4.88. The van der Waals surface area contributed by atoms with Gasteiger partial charge in [-0.25, -0.2) is 4.79 Å². The molecule has 0 amide bonds. The third kappa shape index (κ3) is 2.34. The smallest absolute Gasteiger partial charge is 0.339 e. The molecule has 1 aromatic rings. The van der Waals surface area contributed by atoms with Crippen LogP contribution in [0.1, 0.15) is 34.0 Å². The minimum Gasteiger partial charge on any atom is -0.465 e. The number of benzene rings is 1. The maximum absolute atomic E-state index is 11.5. The quantitative estimate of drug-likeness (QED) is 0.600. The van der Waals surface area contributed by atoms with Crippen molar-refractivity contribution >= 4 is 17.6 Å². The molecule has 0 aliphatic carbocycles. The summed E-state index contributed by atoms with van der Waals surface area (Å²) in [6, 6.07) is 5.53. The SMILES string of the molecule is CCc1cc(C#N)c(C(=O)OC)c(CCl)c1. The highest BCUT2D eigenvalue weighted by molar-refractivity contribution is 6.17. The van der Waals surface area contributed by atoms with Gasteiger partial charge in [-0.15, -0.1) is 11.6 Å². The van der Waals surface area contributed by atoms with Crippen LogP contribution in [0.25, 0.3) is 0 Å². The number of hydrogen-bond acceptors (Lipinski definition) is 3. The van der Waals surface area contributed by atoms with E-state index < -0.39 is 5.97 Å². The van der Waals surface area contributed by atoms with E-state index in [1.807, 2.05) is 19.1 Å². The molecule has 4 heteroatoms. The van der Waals surface area contributed by atoms with Gasteiger partial charge in [-0.3, -0.25) is 0 Å². The van der Waals surface area contributed by atoms with E-state index >= 15 is 0 Å². The molecule has 0 aliphatic rings. The minimum absolute atomic E-state index is 0.187. The molecule has 0 atom stereocenters. The van der Waals surface area contributed by atoms with Gasteiger partial charge in [-0.05, 0) is 23.6 Å². The van der Waals surface area contributed by atoms with Crippen LogP contribution in [0.2, 0.25) is 0 Å². The summed E-state index contributed by atoms with van der Waals surface area (Å²) in [4.78, 5) is 11.5. The van der Waals surface area contributed by atoms with Gasteiger partial charge >= 0.3 is 5.97 Å². The van der Waals surface area contributed by atoms with Crippen molar-refractivity contribution in [3.05, 3.63) is 34.4 Å². The molecule has 0 bridgehead atoms. The minimum atomic E-state index is -0.519. The molecule has 0 spiro atoms. The average molecular weight is 238 g/mol. The van der Waals surface area contributed by atoms with E-state index in [2.05, 4.69) is 4.74 Å². The lowest BCUT2D eigenvalue weighted by Crippen LogP contribution is -2.08. The molecule has 3 nitrogen and oxygen atoms in total. The first kappa shape index (κ1) is 12.5. The summed E-state index contributed by atoms with van der Waals surface area (Å²) in [5, 5.41) is 9.00. The number of ether oxygens (including phenoxy) is 1. The molecule has 0 radical (unpaired) electrons. The molecule has 84 valence electrons. The van der Waals surface area contributed by atoms with Crippen LogP contribution in [-0.4, -0.2) is 13.1 Å². The molecule has 16 heavy (non-hydrogen) atoms. The Labute approximate surface area is 99.6 Å². The van der Waals surface area contributed by atoms with Crippen LogP contribution in [0.4, 0.5) is 0 Å². The molecular formula is C12H12ClNO2. The molecule has 0 aliphatic heterocycles. The van der Waals surface area contributed by atoms with Crippen LogP contribution >= 0.6 is 11.6 Å². The van der Waals surface area contributed by atoms with Crippen molar-refractivity contribution in [2.24, 2.45) is 0 Å². The van der Waals surface area contributed by atoms with E-state index in [9.17, 15) is 4.79 Å². The average Bonchev–Trinajstić information content (AvgIpc) is 2.35. The maximum Gasteiger partial charge on any atom is 0.339 e. The number of esters is 1. The molecule has 0 N–H and O–H groups in total. The standard InChI is InChI=1S/C12H12ClNO2/c1-3-8-4-9(6-13)11(12(15)16-2)10(5-8)7-14/h4-5H,3,6H2,1-2H3. The fourth-order valence-electron chi connectivity index (χ4n) is 1.51. The Balaban J connectivity index is 3.45. The molecule has 0 saturated heterocycles. The van der Waals surface area contributed by atoms with Gasteiger partial charge in [0, 0.05) is 5.88 Å². The number of hydrogen-bond donors (Lipinski definition) is 0. The number of halogens is 1. The van der Waals surface area contributed by atoms with Gasteiger partial charge < -0.3 is 4.74 Å². The Morgan fingerprint density at radius 1 is 1.56 bits per heavy atom. The summed E-state index contributed by atoms with van der Waals surface area (Å²) in [5.41, 5.74) is 2.23. The van der Waals surface area contributed by atoms with Gasteiger partial charge in [0.1, 0.15) is 6.07 Å². The van der Waals surface area contributed by atoms with E-state index in [0.717, 1.165) is 12.0 Å². The van der Waals surface area contributed by atoms with E-state index in [1.54, 1.807) is 6.07 Å². The second-order valence-electron chi connectivity index (χ2n) is 3.27. The third-order valence-electron chi connectivity index (χ3n) is 2.34. The Hall–Kier alpha value is -1.53. The number of methoxy groups -OCH3 is 1. The summed E-state index contributed by atoms with van der Waals surface area (Å²) in [6.45, 7) is 1.98. The van der Waals surface area contributed by atoms with Crippen LogP contribution in [-0.2, 0) is 17.0 Å². The summed E-state index contributed by atoms with van der Waals surface area (Å²) in [7, 11) is 1.29. The second-order valence-corrected chi connectivity index (χ2v) is 3.54. The molecule has 1 rings (SSSR count). The predicted octanol–water partition coefficient (Wildman–Crippen LogP) is 2.65. The van der Waals surface area contributed by atoms with E-state index in [4.69, 9.17) is 16.9 Å². The zero-order valence-electron chi connectivity index (χ0n) is 9.21. The van der Waals surface area contributed by atoms with Crippen molar-refractivity contribution in [1.29, 1.82) is 5.26 Å². The largest absolute Gasteiger partial charge is 0.465 e. The lowest BCUT2D eigenvalue weighted by atomic mass is 9.98. The Morgan fingerprint density at radius 2 is 2.25 bits per heavy atom. The summed E-state index contributed by atoms with van der Waals surface area (Å²) < 4.78 is 4.65. The van der Waals surface area contributed by atoms with Crippen molar-refractivity contribution in [2.75, 3.05) is 7.11 Å². The van der Waals surface area contributed by atoms with Gasteiger partial charge in [0.2, 0.25) is 0 Å². The van der Waals surface area contributed by atoms with Gasteiger partial charge in [-0.1, -0.05) is 13.0 Å². The van der Waals surface area contributed by atoms with Crippen molar-refractivity contribution in [3.63, 3.8) is 0 Å². The Morgan fingerprint density at radius 3 is 2.69 bits per heavy atom. The normalized spacial score (nSPS) is 9.62. The zero-order chi connectivity index (χ0) is 12.1. The van der Waals surface area contributed by atoms with Crippen LogP contribution in [0.5, 0.6) is 0 Å². The summed E-state index contributed by atoms with van der Waals surface area (Å²) in [5.74, 6) is -0.331. The third-order valence-corrected chi connectivity index (χ3v) is 2.63. The van der Waals surface area contributed by atoms with E-state index in [-0.39, 0.29) is 11.4 Å². The van der Waals surface area contributed by atoms with Crippen molar-refractivity contribution in [3.8, 4) is 6.07 Å². The van der Waals surface area contributed by atoms with Gasteiger partial charge in [-0.2, -0.15) is 5.26 Å². The molecule has 0 unspecified atom stereocenters. The van der Waals surface area contributed by atoms with E-state index in [0.29, 0.717) is 11.1 Å². The fraction of sp³-hybridized carbons (Fsp3) is 0.333. The highest BCUT2D eigenvalue weighted by Gasteiger charge is 2.17. The molecule has 0 heterocycles. The zero-order valence-corrected chi connectivity index (χ0v) is 9.97. The number of aryl methyl sites for hydroxylation is 1. The van der Waals surface area contributed by atoms with Crippen LogP contribution in [0.3, 0.4) is 0 Å². The molecule has 0 saturated carbocycles. The fourth-order valence-corrected chi connectivity index (χ4v) is 1.72. The highest BCUT2D eigenvalue weighted by Crippen LogP contribution is 2.20. The first-order valence-corrected chi connectivity index (χ1v) is 5.41. The van der Waals surface area contributed by atoms with Crippen LogP contribution in [0.15, 0.2) is 12.1 Å². The molecule has 0 fully saturated rings. The van der Waals surface area contributed by atoms with Crippen LogP contribution in [0, 0.1) is 11.3 Å². The number of carbonyl (C=O) groups excluding carboxylic acids is 1. The van der Waals surface area contributed by atoms with Crippen molar-refractivity contribution in [1.82, 2.24) is 0 Å². The van der Waals surface area contributed by atoms with Crippen molar-refractivity contribution in [2.45, 2.75) is 19.2 Å². The summed E-state index contributed by atoms with van der Waals surface area (Å²) in [6.07, 6.45) is 0.792. The Kier molecular flexibility index (Phi) is 4.33. The van der Waals surface area contributed by atoms with Crippen molar-refractivity contribution < 1.29 is 9.53 Å². The lowest BCUT2D eigenvalue weighted by Gasteiger charge is -2.09. The number of nitriles is 1. The predicted molar refractivity (Wildman–Crippen MR) is 61.4 cm³/mol. The Bertz CT molecular complexity index is 449. The molecule has 1 aromatic carbocycles. The van der Waals surface area contributed by atoms with Crippen LogP contribution < -0.4 is 0 Å². The summed E-state index contributed by atoms with van der Waals surface area (Å²) >= 11 is 5.77. The molecular weight excluding hydrogens is 226 g/mol. The number of carbonyl (C=O) groups is 1. The topological polar surface area (TPSA) is 50.1 Å². The monoisotopic (exact) mass is 237 g/mol. The van der Waals surface area contributed by atoms with E-state index in [1.165, 1.54) is 7.11 Å². The maximum atomic E-state index is 11.5. The number of alkyl halides is 1. The number of rotatable bonds is 3. The first-order chi connectivity index (χ1) is 7.67. The van der Waals surface area contributed by atoms with Gasteiger partial charge in [0.05, 0.1) is 18.2 Å². The number of nitrogens with zero attached hydrogens (tertiary/aromatic N) is 1. The van der Waals surface area contributed by atoms with Gasteiger partial charge in [0.15, 0.2) is 0 Å². The molecule has 0 aromatic heterocycles.